The molecule has 0 atom stereocenters. The molecule has 0 aromatic heterocycles. The predicted octanol–water partition coefficient (Wildman–Crippen LogP) is 8.78. The highest BCUT2D eigenvalue weighted by Crippen LogP contribution is 2.38. The largest absolute Gasteiger partial charge is 0.507 e. The Morgan fingerprint density at radius 2 is 1.06 bits per heavy atom. The Labute approximate surface area is 211 Å². The normalized spacial score (nSPS) is 10.2. The van der Waals surface area contributed by atoms with E-state index in [-0.39, 0.29) is 17.2 Å². The maximum Gasteiger partial charge on any atom is 0.169 e. The van der Waals surface area contributed by atoms with Crippen molar-refractivity contribution in [1.82, 2.24) is 0 Å². The summed E-state index contributed by atoms with van der Waals surface area (Å²) in [6, 6.07) is 21.7. The molecule has 8 heteroatoms. The third kappa shape index (κ3) is 6.56. The Balaban J connectivity index is 0.000000181. The number of ether oxygens (including phenoxy) is 1. The lowest BCUT2D eigenvalue weighted by molar-refractivity contribution is 0.411. The Morgan fingerprint density at radius 3 is 1.56 bits per heavy atom. The van der Waals surface area contributed by atoms with Crippen molar-refractivity contribution in [3.8, 4) is 39.9 Å². The molecule has 0 spiro atoms. The summed E-state index contributed by atoms with van der Waals surface area (Å²) in [7, 11) is 0. The smallest absolute Gasteiger partial charge is 0.169 e. The third-order valence-electron chi connectivity index (χ3n) is 4.17. The van der Waals surface area contributed by atoms with Crippen LogP contribution in [0.15, 0.2) is 87.8 Å². The van der Waals surface area contributed by atoms with Crippen LogP contribution in [0, 0.1) is 0 Å². The van der Waals surface area contributed by atoms with Crippen molar-refractivity contribution in [2.45, 2.75) is 0 Å². The number of hydrogen-bond acceptors (Lipinski definition) is 4. The van der Waals surface area contributed by atoms with Gasteiger partial charge in [0.05, 0.1) is 0 Å². The number of benzene rings is 4. The Hall–Kier alpha value is -2.38. The SMILES string of the molecule is Oc1cc(Cl)ccc1Oc1ccc(Cl)cc1.Oc1ccc(Br)cc1-c1cc(Br)ccc1O. The lowest BCUT2D eigenvalue weighted by atomic mass is 10.0. The number of phenolic OH excluding ortho intramolecular Hbond substituents is 3. The van der Waals surface area contributed by atoms with Crippen LogP contribution in [0.25, 0.3) is 11.1 Å². The summed E-state index contributed by atoms with van der Waals surface area (Å²) in [6.07, 6.45) is 0. The first kappa shape index (κ1) is 24.3. The summed E-state index contributed by atoms with van der Waals surface area (Å²) >= 11 is 18.1. The lowest BCUT2D eigenvalue weighted by Crippen LogP contribution is -1.84. The molecule has 4 rings (SSSR count). The van der Waals surface area contributed by atoms with E-state index in [1.54, 1.807) is 72.8 Å². The zero-order valence-corrected chi connectivity index (χ0v) is 21.0. The second kappa shape index (κ2) is 11.0. The highest BCUT2D eigenvalue weighted by atomic mass is 79.9. The van der Waals surface area contributed by atoms with Crippen LogP contribution in [0.2, 0.25) is 10.0 Å². The van der Waals surface area contributed by atoms with E-state index in [9.17, 15) is 15.3 Å². The number of halogens is 4. The quantitative estimate of drug-likeness (QED) is 0.220. The molecule has 0 aliphatic carbocycles. The minimum absolute atomic E-state index is 0.00227. The van der Waals surface area contributed by atoms with Gasteiger partial charge < -0.3 is 20.1 Å². The minimum atomic E-state index is 0.00227. The van der Waals surface area contributed by atoms with E-state index in [0.717, 1.165) is 8.95 Å². The van der Waals surface area contributed by atoms with Gasteiger partial charge in [0.25, 0.3) is 0 Å². The zero-order chi connectivity index (χ0) is 23.3. The maximum absolute atomic E-state index is 9.76. The second-order valence-corrected chi connectivity index (χ2v) is 9.20. The molecule has 0 unspecified atom stereocenters. The molecule has 0 aliphatic heterocycles. The van der Waals surface area contributed by atoms with Crippen LogP contribution in [0.3, 0.4) is 0 Å². The van der Waals surface area contributed by atoms with E-state index in [4.69, 9.17) is 27.9 Å². The molecule has 4 aromatic rings. The molecule has 4 aromatic carbocycles. The molecule has 0 radical (unpaired) electrons. The van der Waals surface area contributed by atoms with Crippen LogP contribution in [0.5, 0.6) is 28.7 Å². The first-order valence-corrected chi connectivity index (χ1v) is 11.5. The minimum Gasteiger partial charge on any atom is -0.507 e. The average Bonchev–Trinajstić information content (AvgIpc) is 2.76. The molecule has 0 amide bonds. The van der Waals surface area contributed by atoms with Crippen molar-refractivity contribution in [3.63, 3.8) is 0 Å². The first-order valence-electron chi connectivity index (χ1n) is 9.12. The second-order valence-electron chi connectivity index (χ2n) is 6.49. The molecule has 0 bridgehead atoms. The fraction of sp³-hybridized carbons (Fsp3) is 0. The van der Waals surface area contributed by atoms with Crippen molar-refractivity contribution >= 4 is 55.1 Å². The van der Waals surface area contributed by atoms with Crippen LogP contribution in [0.4, 0.5) is 0 Å². The van der Waals surface area contributed by atoms with Crippen LogP contribution in [-0.2, 0) is 0 Å². The van der Waals surface area contributed by atoms with Gasteiger partial charge >= 0.3 is 0 Å². The predicted molar refractivity (Wildman–Crippen MR) is 135 cm³/mol. The van der Waals surface area contributed by atoms with Crippen molar-refractivity contribution < 1.29 is 20.1 Å². The molecule has 0 fully saturated rings. The standard InChI is InChI=1S/C12H8Br2O2.C12H8Cl2O2/c13-7-1-3-11(15)9(5-7)10-6-8(14)2-4-12(10)16;13-8-1-4-10(5-2-8)16-12-6-3-9(14)7-11(12)15/h1-6,15-16H;1-7,15H. The van der Waals surface area contributed by atoms with E-state index < -0.39 is 0 Å². The van der Waals surface area contributed by atoms with E-state index >= 15 is 0 Å². The summed E-state index contributed by atoms with van der Waals surface area (Å²) < 4.78 is 7.15. The average molecular weight is 599 g/mol. The van der Waals surface area contributed by atoms with Crippen LogP contribution in [-0.4, -0.2) is 15.3 Å². The van der Waals surface area contributed by atoms with Crippen molar-refractivity contribution in [2.24, 2.45) is 0 Å². The van der Waals surface area contributed by atoms with Gasteiger partial charge in [0, 0.05) is 36.2 Å². The van der Waals surface area contributed by atoms with Gasteiger partial charge in [-0.05, 0) is 72.8 Å². The molecule has 164 valence electrons. The lowest BCUT2D eigenvalue weighted by Gasteiger charge is -2.08. The topological polar surface area (TPSA) is 69.9 Å². The van der Waals surface area contributed by atoms with Crippen molar-refractivity contribution in [1.29, 1.82) is 0 Å². The van der Waals surface area contributed by atoms with Gasteiger partial charge in [0.2, 0.25) is 0 Å². The van der Waals surface area contributed by atoms with Gasteiger partial charge in [0.15, 0.2) is 11.5 Å². The summed E-state index contributed by atoms with van der Waals surface area (Å²) in [4.78, 5) is 0. The maximum atomic E-state index is 9.76. The Bertz CT molecular complexity index is 1180. The van der Waals surface area contributed by atoms with Gasteiger partial charge in [-0.3, -0.25) is 0 Å². The molecule has 32 heavy (non-hydrogen) atoms. The van der Waals surface area contributed by atoms with Crippen LogP contribution >= 0.6 is 55.1 Å². The van der Waals surface area contributed by atoms with Crippen molar-refractivity contribution in [3.05, 3.63) is 97.9 Å². The summed E-state index contributed by atoms with van der Waals surface area (Å²) in [5.41, 5.74) is 1.18. The van der Waals surface area contributed by atoms with Gasteiger partial charge in [-0.25, -0.2) is 0 Å². The van der Waals surface area contributed by atoms with Gasteiger partial charge in [0.1, 0.15) is 17.2 Å². The van der Waals surface area contributed by atoms with Gasteiger partial charge in [-0.2, -0.15) is 0 Å². The van der Waals surface area contributed by atoms with E-state index in [1.807, 2.05) is 0 Å². The molecule has 4 nitrogen and oxygen atoms in total. The number of phenols is 3. The molecule has 0 aliphatic rings. The molecule has 0 saturated heterocycles. The third-order valence-corrected chi connectivity index (χ3v) is 5.64. The molecule has 3 N–H and O–H groups in total. The molecular weight excluding hydrogens is 583 g/mol. The number of hydrogen-bond donors (Lipinski definition) is 3. The van der Waals surface area contributed by atoms with E-state index in [2.05, 4.69) is 31.9 Å². The van der Waals surface area contributed by atoms with Gasteiger partial charge in [-0.15, -0.1) is 0 Å². The van der Waals surface area contributed by atoms with E-state index in [0.29, 0.717) is 32.7 Å². The van der Waals surface area contributed by atoms with Crippen LogP contribution in [0.1, 0.15) is 0 Å². The summed E-state index contributed by atoms with van der Waals surface area (Å²) in [6.45, 7) is 0. The Kier molecular flexibility index (Phi) is 8.32. The molecule has 0 heterocycles. The monoisotopic (exact) mass is 596 g/mol. The zero-order valence-electron chi connectivity index (χ0n) is 16.3. The number of aromatic hydroxyl groups is 3. The first-order chi connectivity index (χ1) is 15.2. The van der Waals surface area contributed by atoms with Crippen molar-refractivity contribution in [2.75, 3.05) is 0 Å². The Morgan fingerprint density at radius 1 is 0.562 bits per heavy atom. The van der Waals surface area contributed by atoms with Gasteiger partial charge in [-0.1, -0.05) is 55.1 Å². The van der Waals surface area contributed by atoms with Crippen LogP contribution < -0.4 is 4.74 Å². The number of rotatable bonds is 3. The fourth-order valence-electron chi connectivity index (χ4n) is 2.65. The molecule has 0 saturated carbocycles. The molecular formula is C24H16Br2Cl2O4. The summed E-state index contributed by atoms with van der Waals surface area (Å²) in [5, 5.41) is 30.2. The van der Waals surface area contributed by atoms with E-state index in [1.165, 1.54) is 6.07 Å². The fourth-order valence-corrected chi connectivity index (χ4v) is 3.67. The highest BCUT2D eigenvalue weighted by Gasteiger charge is 2.10. The summed E-state index contributed by atoms with van der Waals surface area (Å²) in [5.74, 6) is 1.23. The highest BCUT2D eigenvalue weighted by molar-refractivity contribution is 9.10.